The van der Waals surface area contributed by atoms with Gasteiger partial charge in [0.25, 0.3) is 0 Å². The number of hydrogen-bond acceptors (Lipinski definition) is 6. The second-order valence-corrected chi connectivity index (χ2v) is 7.60. The van der Waals surface area contributed by atoms with Gasteiger partial charge in [-0.25, -0.2) is 9.97 Å². The molecule has 6 nitrogen and oxygen atoms in total. The lowest BCUT2D eigenvalue weighted by Gasteiger charge is -2.26. The van der Waals surface area contributed by atoms with Crippen LogP contribution in [0.1, 0.15) is 43.1 Å². The van der Waals surface area contributed by atoms with E-state index >= 15 is 0 Å². The molecule has 0 unspecified atom stereocenters. The maximum atomic E-state index is 4.92. The molecule has 4 heterocycles. The zero-order chi connectivity index (χ0) is 19.3. The summed E-state index contributed by atoms with van der Waals surface area (Å²) in [6.45, 7) is 6.19. The molecule has 0 radical (unpaired) electrons. The van der Waals surface area contributed by atoms with Crippen LogP contribution in [0.4, 0.5) is 5.82 Å². The number of nitrogens with zero attached hydrogens (tertiary/aromatic N) is 4. The summed E-state index contributed by atoms with van der Waals surface area (Å²) in [6, 6.07) is 8.20. The van der Waals surface area contributed by atoms with Crippen molar-refractivity contribution >= 4 is 5.82 Å². The van der Waals surface area contributed by atoms with Crippen LogP contribution >= 0.6 is 0 Å². The fourth-order valence-corrected chi connectivity index (χ4v) is 3.60. The van der Waals surface area contributed by atoms with E-state index in [0.29, 0.717) is 11.7 Å². The second kappa shape index (κ2) is 8.44. The van der Waals surface area contributed by atoms with Gasteiger partial charge in [0.15, 0.2) is 5.82 Å². The molecular weight excluding hydrogens is 348 g/mol. The molecule has 3 aromatic heterocycles. The van der Waals surface area contributed by atoms with Crippen LogP contribution in [0.2, 0.25) is 0 Å². The minimum atomic E-state index is 0.157. The summed E-state index contributed by atoms with van der Waals surface area (Å²) in [5, 5.41) is 7.15. The third kappa shape index (κ3) is 4.17. The van der Waals surface area contributed by atoms with Gasteiger partial charge in [-0.3, -0.25) is 9.97 Å². The Morgan fingerprint density at radius 3 is 2.61 bits per heavy atom. The van der Waals surface area contributed by atoms with E-state index in [1.54, 1.807) is 6.20 Å². The SMILES string of the molecule is CC(C)C[C@H](Nc1nc(-c2cccnc2)nc2c1CCNC2)c1cccnc1. The molecule has 0 aromatic carbocycles. The fraction of sp³-hybridized carbons (Fsp3) is 0.364. The zero-order valence-electron chi connectivity index (χ0n) is 16.4. The number of pyridine rings is 2. The predicted molar refractivity (Wildman–Crippen MR) is 111 cm³/mol. The summed E-state index contributed by atoms with van der Waals surface area (Å²) in [5.41, 5.74) is 4.39. The van der Waals surface area contributed by atoms with Gasteiger partial charge in [-0.15, -0.1) is 0 Å². The van der Waals surface area contributed by atoms with Crippen molar-refractivity contribution in [2.75, 3.05) is 11.9 Å². The Morgan fingerprint density at radius 1 is 1.07 bits per heavy atom. The van der Waals surface area contributed by atoms with Crippen molar-refractivity contribution in [3.05, 3.63) is 65.9 Å². The van der Waals surface area contributed by atoms with Crippen LogP contribution in [0.25, 0.3) is 11.4 Å². The number of anilines is 1. The van der Waals surface area contributed by atoms with Crippen LogP contribution in [-0.4, -0.2) is 26.5 Å². The smallest absolute Gasteiger partial charge is 0.163 e. The van der Waals surface area contributed by atoms with Crippen molar-refractivity contribution in [2.24, 2.45) is 5.92 Å². The van der Waals surface area contributed by atoms with Gasteiger partial charge in [-0.05, 0) is 49.1 Å². The largest absolute Gasteiger partial charge is 0.363 e. The molecular formula is C22H26N6. The predicted octanol–water partition coefficient (Wildman–Crippen LogP) is 3.78. The summed E-state index contributed by atoms with van der Waals surface area (Å²) in [7, 11) is 0. The van der Waals surface area contributed by atoms with Crippen LogP contribution < -0.4 is 10.6 Å². The molecule has 6 heteroatoms. The molecule has 0 fully saturated rings. The van der Waals surface area contributed by atoms with Crippen LogP contribution in [0.15, 0.2) is 49.1 Å². The lowest BCUT2D eigenvalue weighted by molar-refractivity contribution is 0.527. The zero-order valence-corrected chi connectivity index (χ0v) is 16.4. The first-order valence-electron chi connectivity index (χ1n) is 9.88. The fourth-order valence-electron chi connectivity index (χ4n) is 3.60. The van der Waals surface area contributed by atoms with Crippen molar-refractivity contribution in [3.8, 4) is 11.4 Å². The van der Waals surface area contributed by atoms with E-state index in [-0.39, 0.29) is 6.04 Å². The van der Waals surface area contributed by atoms with Crippen molar-refractivity contribution in [1.29, 1.82) is 0 Å². The van der Waals surface area contributed by atoms with E-state index in [2.05, 4.69) is 40.5 Å². The minimum Gasteiger partial charge on any atom is -0.363 e. The van der Waals surface area contributed by atoms with Crippen LogP contribution in [0, 0.1) is 5.92 Å². The molecule has 1 aliphatic heterocycles. The summed E-state index contributed by atoms with van der Waals surface area (Å²) in [6.07, 6.45) is 9.27. The van der Waals surface area contributed by atoms with E-state index in [1.807, 2.05) is 36.8 Å². The van der Waals surface area contributed by atoms with Gasteiger partial charge in [0, 0.05) is 42.5 Å². The summed E-state index contributed by atoms with van der Waals surface area (Å²) in [4.78, 5) is 18.3. The molecule has 0 amide bonds. The quantitative estimate of drug-likeness (QED) is 0.684. The molecule has 1 aliphatic rings. The van der Waals surface area contributed by atoms with Gasteiger partial charge in [-0.1, -0.05) is 19.9 Å². The van der Waals surface area contributed by atoms with Crippen molar-refractivity contribution in [1.82, 2.24) is 25.3 Å². The van der Waals surface area contributed by atoms with Crippen LogP contribution in [0.3, 0.4) is 0 Å². The van der Waals surface area contributed by atoms with Crippen molar-refractivity contribution < 1.29 is 0 Å². The van der Waals surface area contributed by atoms with Crippen LogP contribution in [0.5, 0.6) is 0 Å². The van der Waals surface area contributed by atoms with Gasteiger partial charge in [0.1, 0.15) is 5.82 Å². The number of hydrogen-bond donors (Lipinski definition) is 2. The third-order valence-corrected chi connectivity index (χ3v) is 4.96. The van der Waals surface area contributed by atoms with Gasteiger partial charge in [-0.2, -0.15) is 0 Å². The summed E-state index contributed by atoms with van der Waals surface area (Å²) >= 11 is 0. The lowest BCUT2D eigenvalue weighted by Crippen LogP contribution is -2.27. The number of nitrogens with one attached hydrogen (secondary N) is 2. The van der Waals surface area contributed by atoms with E-state index in [4.69, 9.17) is 9.97 Å². The number of fused-ring (bicyclic) bond motifs is 1. The molecule has 2 N–H and O–H groups in total. The normalized spacial score (nSPS) is 14.5. The Hall–Kier alpha value is -2.86. The molecule has 0 saturated carbocycles. The average Bonchev–Trinajstić information content (AvgIpc) is 2.74. The maximum Gasteiger partial charge on any atom is 0.163 e. The third-order valence-electron chi connectivity index (χ3n) is 4.96. The topological polar surface area (TPSA) is 75.6 Å². The standard InChI is InChI=1S/C22H26N6/c1-15(2)11-19(16-5-3-8-23-12-16)26-22-18-7-10-25-14-20(18)27-21(28-22)17-6-4-9-24-13-17/h3-6,8-9,12-13,15,19,25H,7,10-11,14H2,1-2H3,(H,26,27,28)/t19-/m0/s1. The highest BCUT2D eigenvalue weighted by molar-refractivity contribution is 5.60. The molecule has 144 valence electrons. The molecule has 3 aromatic rings. The van der Waals surface area contributed by atoms with Gasteiger partial charge < -0.3 is 10.6 Å². The first-order chi connectivity index (χ1) is 13.7. The number of aromatic nitrogens is 4. The molecule has 4 rings (SSSR count). The molecule has 1 atom stereocenters. The van der Waals surface area contributed by atoms with Crippen molar-refractivity contribution in [3.63, 3.8) is 0 Å². The monoisotopic (exact) mass is 374 g/mol. The minimum absolute atomic E-state index is 0.157. The average molecular weight is 374 g/mol. The van der Waals surface area contributed by atoms with Crippen LogP contribution in [-0.2, 0) is 13.0 Å². The molecule has 0 aliphatic carbocycles. The van der Waals surface area contributed by atoms with E-state index < -0.39 is 0 Å². The Labute approximate surface area is 165 Å². The van der Waals surface area contributed by atoms with E-state index in [9.17, 15) is 0 Å². The van der Waals surface area contributed by atoms with Gasteiger partial charge in [0.05, 0.1) is 11.7 Å². The summed E-state index contributed by atoms with van der Waals surface area (Å²) in [5.74, 6) is 2.20. The maximum absolute atomic E-state index is 4.92. The lowest BCUT2D eigenvalue weighted by atomic mass is 9.97. The Balaban J connectivity index is 1.74. The molecule has 0 bridgehead atoms. The Morgan fingerprint density at radius 2 is 1.89 bits per heavy atom. The second-order valence-electron chi connectivity index (χ2n) is 7.60. The van der Waals surface area contributed by atoms with Crippen molar-refractivity contribution in [2.45, 2.75) is 39.3 Å². The Kier molecular flexibility index (Phi) is 5.58. The molecule has 28 heavy (non-hydrogen) atoms. The highest BCUT2D eigenvalue weighted by atomic mass is 15.1. The summed E-state index contributed by atoms with van der Waals surface area (Å²) < 4.78 is 0. The first kappa shape index (κ1) is 18.5. The first-order valence-corrected chi connectivity index (χ1v) is 9.88. The van der Waals surface area contributed by atoms with E-state index in [0.717, 1.165) is 43.0 Å². The number of rotatable bonds is 6. The Bertz CT molecular complexity index is 911. The highest BCUT2D eigenvalue weighted by Gasteiger charge is 2.22. The molecule has 0 spiro atoms. The van der Waals surface area contributed by atoms with Gasteiger partial charge >= 0.3 is 0 Å². The van der Waals surface area contributed by atoms with E-state index in [1.165, 1.54) is 11.1 Å². The molecule has 0 saturated heterocycles. The van der Waals surface area contributed by atoms with Gasteiger partial charge in [0.2, 0.25) is 0 Å². The highest BCUT2D eigenvalue weighted by Crippen LogP contribution is 2.30.